The molecule has 18 heavy (non-hydrogen) atoms. The number of carbonyl (C=O) groups is 1. The van der Waals surface area contributed by atoms with Gasteiger partial charge in [0.1, 0.15) is 0 Å². The molecule has 0 spiro atoms. The van der Waals surface area contributed by atoms with Gasteiger partial charge in [0.25, 0.3) is 0 Å². The first-order chi connectivity index (χ1) is 8.65. The van der Waals surface area contributed by atoms with Gasteiger partial charge in [-0.25, -0.2) is 0 Å². The van der Waals surface area contributed by atoms with Crippen LogP contribution in [0.25, 0.3) is 0 Å². The van der Waals surface area contributed by atoms with E-state index in [4.69, 9.17) is 0 Å². The molecule has 98 valence electrons. The summed E-state index contributed by atoms with van der Waals surface area (Å²) in [4.78, 5) is 13.6. The van der Waals surface area contributed by atoms with Crippen molar-refractivity contribution in [3.8, 4) is 0 Å². The fraction of sp³-hybridized carbons (Fsp3) is 0.500. The van der Waals surface area contributed by atoms with Crippen LogP contribution in [0, 0.1) is 0 Å². The monoisotopic (exact) mass is 247 g/mol. The lowest BCUT2D eigenvalue weighted by Gasteiger charge is -2.10. The zero-order valence-electron chi connectivity index (χ0n) is 11.1. The van der Waals surface area contributed by atoms with Crippen LogP contribution in [0.15, 0.2) is 18.2 Å². The van der Waals surface area contributed by atoms with Crippen LogP contribution < -0.4 is 10.6 Å². The highest BCUT2D eigenvalue weighted by atomic mass is 16.1. The summed E-state index contributed by atoms with van der Waals surface area (Å²) in [6.45, 7) is 3.32. The largest absolute Gasteiger partial charge is 0.352 e. The molecule has 0 aliphatic carbocycles. The predicted molar refractivity (Wildman–Crippen MR) is 72.0 cm³/mol. The summed E-state index contributed by atoms with van der Waals surface area (Å²) in [6, 6.07) is 6.43. The Labute approximate surface area is 108 Å². The zero-order chi connectivity index (χ0) is 13.0. The van der Waals surface area contributed by atoms with Crippen LogP contribution >= 0.6 is 0 Å². The smallest absolute Gasteiger partial charge is 0.221 e. The van der Waals surface area contributed by atoms with E-state index >= 15 is 0 Å². The maximum Gasteiger partial charge on any atom is 0.221 e. The molecule has 0 atom stereocenters. The van der Waals surface area contributed by atoms with E-state index < -0.39 is 0 Å². The normalized spacial score (nSPS) is 13.7. The number of benzene rings is 1. The van der Waals surface area contributed by atoms with Gasteiger partial charge in [0.15, 0.2) is 0 Å². The van der Waals surface area contributed by atoms with Crippen molar-refractivity contribution in [2.24, 2.45) is 0 Å². The molecule has 1 aromatic rings. The molecule has 2 N–H and O–H groups in total. The average molecular weight is 247 g/mol. The second-order valence-corrected chi connectivity index (χ2v) is 5.04. The topological polar surface area (TPSA) is 44.4 Å². The Morgan fingerprint density at radius 3 is 2.89 bits per heavy atom. The molecule has 0 fully saturated rings. The maximum absolute atomic E-state index is 11.6. The third-order valence-electron chi connectivity index (χ3n) is 3.18. The molecule has 0 unspecified atom stereocenters. The highest BCUT2D eigenvalue weighted by Gasteiger charge is 2.10. The number of carbonyl (C=O) groups excluding carboxylic acids is 1. The molecule has 0 saturated carbocycles. The van der Waals surface area contributed by atoms with E-state index in [2.05, 4.69) is 28.8 Å². The lowest BCUT2D eigenvalue weighted by atomic mass is 10.1. The van der Waals surface area contributed by atoms with Crippen molar-refractivity contribution in [2.75, 3.05) is 20.6 Å². The van der Waals surface area contributed by atoms with Gasteiger partial charge in [-0.1, -0.05) is 18.2 Å². The Morgan fingerprint density at radius 2 is 2.11 bits per heavy atom. The minimum absolute atomic E-state index is 0.113. The van der Waals surface area contributed by atoms with Gasteiger partial charge in [-0.05, 0) is 30.8 Å². The van der Waals surface area contributed by atoms with Crippen LogP contribution in [-0.2, 0) is 24.4 Å². The highest BCUT2D eigenvalue weighted by molar-refractivity contribution is 5.76. The van der Waals surface area contributed by atoms with Crippen molar-refractivity contribution in [1.82, 2.24) is 15.5 Å². The SMILES string of the molecule is CN(C)CCC(=O)NCc1ccc2c(c1)CNC2. The first-order valence-electron chi connectivity index (χ1n) is 6.38. The van der Waals surface area contributed by atoms with Crippen LogP contribution in [0.2, 0.25) is 0 Å². The summed E-state index contributed by atoms with van der Waals surface area (Å²) >= 11 is 0. The van der Waals surface area contributed by atoms with Gasteiger partial charge in [0.05, 0.1) is 0 Å². The summed E-state index contributed by atoms with van der Waals surface area (Å²) in [6.07, 6.45) is 0.555. The fourth-order valence-corrected chi connectivity index (χ4v) is 2.07. The van der Waals surface area contributed by atoms with Crippen LogP contribution in [-0.4, -0.2) is 31.4 Å². The van der Waals surface area contributed by atoms with Gasteiger partial charge in [-0.3, -0.25) is 4.79 Å². The zero-order valence-corrected chi connectivity index (χ0v) is 11.1. The van der Waals surface area contributed by atoms with Gasteiger partial charge in [-0.2, -0.15) is 0 Å². The Kier molecular flexibility index (Phi) is 4.33. The fourth-order valence-electron chi connectivity index (χ4n) is 2.07. The molecular weight excluding hydrogens is 226 g/mol. The molecule has 0 radical (unpaired) electrons. The second kappa shape index (κ2) is 5.98. The molecule has 1 aliphatic heterocycles. The number of hydrogen-bond donors (Lipinski definition) is 2. The van der Waals surface area contributed by atoms with Crippen molar-refractivity contribution < 1.29 is 4.79 Å². The maximum atomic E-state index is 11.6. The van der Waals surface area contributed by atoms with Crippen molar-refractivity contribution in [2.45, 2.75) is 26.1 Å². The quantitative estimate of drug-likeness (QED) is 0.811. The third-order valence-corrected chi connectivity index (χ3v) is 3.18. The Hall–Kier alpha value is -1.39. The summed E-state index contributed by atoms with van der Waals surface area (Å²) in [5, 5.41) is 6.28. The Balaban J connectivity index is 1.81. The number of nitrogens with zero attached hydrogens (tertiary/aromatic N) is 1. The molecular formula is C14H21N3O. The highest BCUT2D eigenvalue weighted by Crippen LogP contribution is 2.16. The summed E-state index contributed by atoms with van der Waals surface area (Å²) in [5.74, 6) is 0.113. The van der Waals surface area contributed by atoms with Gasteiger partial charge in [-0.15, -0.1) is 0 Å². The van der Waals surface area contributed by atoms with E-state index in [0.717, 1.165) is 19.6 Å². The lowest BCUT2D eigenvalue weighted by Crippen LogP contribution is -2.26. The summed E-state index contributed by atoms with van der Waals surface area (Å²) in [5.41, 5.74) is 3.91. The minimum atomic E-state index is 0.113. The summed E-state index contributed by atoms with van der Waals surface area (Å²) < 4.78 is 0. The molecule has 4 heteroatoms. The second-order valence-electron chi connectivity index (χ2n) is 5.04. The van der Waals surface area contributed by atoms with Gasteiger partial charge in [0.2, 0.25) is 5.91 Å². The standard InChI is InChI=1S/C14H21N3O/c1-17(2)6-5-14(18)16-8-11-3-4-12-9-15-10-13(12)7-11/h3-4,7,15H,5-6,8-10H2,1-2H3,(H,16,18). The van der Waals surface area contributed by atoms with Crippen molar-refractivity contribution in [3.63, 3.8) is 0 Å². The molecule has 1 aliphatic rings. The van der Waals surface area contributed by atoms with Crippen molar-refractivity contribution in [1.29, 1.82) is 0 Å². The van der Waals surface area contributed by atoms with E-state index in [9.17, 15) is 4.79 Å². The molecule has 1 aromatic carbocycles. The van der Waals surface area contributed by atoms with E-state index in [1.807, 2.05) is 19.0 Å². The first-order valence-corrected chi connectivity index (χ1v) is 6.38. The van der Waals surface area contributed by atoms with Crippen molar-refractivity contribution in [3.05, 3.63) is 34.9 Å². The lowest BCUT2D eigenvalue weighted by molar-refractivity contribution is -0.121. The molecule has 2 rings (SSSR count). The number of rotatable bonds is 5. The van der Waals surface area contributed by atoms with E-state index in [1.165, 1.54) is 16.7 Å². The van der Waals surface area contributed by atoms with Gasteiger partial charge in [0, 0.05) is 32.6 Å². The van der Waals surface area contributed by atoms with E-state index in [-0.39, 0.29) is 5.91 Å². The van der Waals surface area contributed by atoms with Crippen LogP contribution in [0.4, 0.5) is 0 Å². The molecule has 0 aromatic heterocycles. The van der Waals surface area contributed by atoms with Gasteiger partial charge >= 0.3 is 0 Å². The molecule has 4 nitrogen and oxygen atoms in total. The number of fused-ring (bicyclic) bond motifs is 1. The predicted octanol–water partition coefficient (Wildman–Crippen LogP) is 0.858. The van der Waals surface area contributed by atoms with Crippen LogP contribution in [0.3, 0.4) is 0 Å². The number of nitrogens with one attached hydrogen (secondary N) is 2. The number of hydrogen-bond acceptors (Lipinski definition) is 3. The van der Waals surface area contributed by atoms with Crippen LogP contribution in [0.1, 0.15) is 23.1 Å². The molecule has 1 heterocycles. The Morgan fingerprint density at radius 1 is 1.33 bits per heavy atom. The molecule has 0 bridgehead atoms. The Bertz CT molecular complexity index is 429. The number of amides is 1. The molecule has 0 saturated heterocycles. The summed E-state index contributed by atoms with van der Waals surface area (Å²) in [7, 11) is 3.95. The van der Waals surface area contributed by atoms with Gasteiger partial charge < -0.3 is 15.5 Å². The van der Waals surface area contributed by atoms with Crippen molar-refractivity contribution >= 4 is 5.91 Å². The minimum Gasteiger partial charge on any atom is -0.352 e. The van der Waals surface area contributed by atoms with Crippen LogP contribution in [0.5, 0.6) is 0 Å². The van der Waals surface area contributed by atoms with E-state index in [1.54, 1.807) is 0 Å². The van der Waals surface area contributed by atoms with E-state index in [0.29, 0.717) is 13.0 Å². The third kappa shape index (κ3) is 3.55. The molecule has 1 amide bonds. The average Bonchev–Trinajstić information content (AvgIpc) is 2.81. The first kappa shape index (κ1) is 13.1.